The summed E-state index contributed by atoms with van der Waals surface area (Å²) in [7, 11) is 0. The molecule has 7 heteroatoms. The molecule has 1 aromatic rings. The van der Waals surface area contributed by atoms with E-state index in [9.17, 15) is 9.59 Å². The van der Waals surface area contributed by atoms with Crippen LogP contribution in [0.15, 0.2) is 11.6 Å². The second kappa shape index (κ2) is 6.81. The van der Waals surface area contributed by atoms with E-state index < -0.39 is 11.9 Å². The van der Waals surface area contributed by atoms with E-state index in [1.807, 2.05) is 5.38 Å². The molecule has 2 N–H and O–H groups in total. The summed E-state index contributed by atoms with van der Waals surface area (Å²) in [6.07, 6.45) is 3.23. The second-order valence-corrected chi connectivity index (χ2v) is 5.93. The highest BCUT2D eigenvalue weighted by molar-refractivity contribution is 7.09. The van der Waals surface area contributed by atoms with Crippen LogP contribution in [0.3, 0.4) is 0 Å². The van der Waals surface area contributed by atoms with E-state index in [0.717, 1.165) is 5.01 Å². The lowest BCUT2D eigenvalue weighted by atomic mass is 10.0. The van der Waals surface area contributed by atoms with E-state index >= 15 is 0 Å². The molecule has 0 unspecified atom stereocenters. The molecule has 0 saturated heterocycles. The van der Waals surface area contributed by atoms with Crippen molar-refractivity contribution in [3.05, 3.63) is 16.6 Å². The molecule has 1 heterocycles. The minimum absolute atomic E-state index is 0.0713. The maximum atomic E-state index is 12.4. The number of thiazole rings is 1. The van der Waals surface area contributed by atoms with Crippen molar-refractivity contribution in [3.8, 4) is 0 Å². The number of aliphatic carboxylic acids is 1. The Morgan fingerprint density at radius 1 is 1.40 bits per heavy atom. The summed E-state index contributed by atoms with van der Waals surface area (Å²) in [5.41, 5.74) is 0. The van der Waals surface area contributed by atoms with Crippen molar-refractivity contribution in [2.45, 2.75) is 25.8 Å². The predicted octanol–water partition coefficient (Wildman–Crippen LogP) is 0.965. The average Bonchev–Trinajstić information content (AvgIpc) is 3.08. The molecule has 1 saturated carbocycles. The fourth-order valence-electron chi connectivity index (χ4n) is 2.57. The Morgan fingerprint density at radius 3 is 2.70 bits per heavy atom. The number of rotatable bonds is 6. The number of amides is 1. The van der Waals surface area contributed by atoms with Gasteiger partial charge in [0.05, 0.1) is 19.1 Å². The number of aliphatic hydroxyl groups excluding tert-OH is 1. The Kier molecular flexibility index (Phi) is 5.08. The SMILES string of the molecule is O=C(O)[C@@H]1CC[C@H](C(=O)N(CCO)Cc2nccs2)C1. The third-order valence-electron chi connectivity index (χ3n) is 3.62. The van der Waals surface area contributed by atoms with Crippen molar-refractivity contribution in [1.29, 1.82) is 0 Å². The van der Waals surface area contributed by atoms with Gasteiger partial charge in [0.2, 0.25) is 5.91 Å². The zero-order valence-corrected chi connectivity index (χ0v) is 11.9. The van der Waals surface area contributed by atoms with Gasteiger partial charge < -0.3 is 15.1 Å². The van der Waals surface area contributed by atoms with Crippen LogP contribution in [0.1, 0.15) is 24.3 Å². The average molecular weight is 298 g/mol. The molecular formula is C13H18N2O4S. The van der Waals surface area contributed by atoms with Gasteiger partial charge in [-0.15, -0.1) is 11.3 Å². The first-order valence-electron chi connectivity index (χ1n) is 6.62. The second-order valence-electron chi connectivity index (χ2n) is 4.95. The molecule has 1 amide bonds. The zero-order chi connectivity index (χ0) is 14.5. The Hall–Kier alpha value is -1.47. The summed E-state index contributed by atoms with van der Waals surface area (Å²) >= 11 is 1.46. The van der Waals surface area contributed by atoms with Crippen molar-refractivity contribution < 1.29 is 19.8 Å². The Bertz CT molecular complexity index is 463. The van der Waals surface area contributed by atoms with Crippen LogP contribution in [-0.4, -0.2) is 45.1 Å². The Labute approximate surface area is 121 Å². The summed E-state index contributed by atoms with van der Waals surface area (Å²) in [5, 5.41) is 20.7. The normalized spacial score (nSPS) is 21.9. The fraction of sp³-hybridized carbons (Fsp3) is 0.615. The topological polar surface area (TPSA) is 90.7 Å². The Balaban J connectivity index is 1.98. The Morgan fingerprint density at radius 2 is 2.15 bits per heavy atom. The van der Waals surface area contributed by atoms with Gasteiger partial charge in [-0.25, -0.2) is 4.98 Å². The minimum atomic E-state index is -0.825. The number of nitrogens with zero attached hydrogens (tertiary/aromatic N) is 2. The third-order valence-corrected chi connectivity index (χ3v) is 4.39. The molecule has 0 radical (unpaired) electrons. The van der Waals surface area contributed by atoms with Gasteiger partial charge in [0.1, 0.15) is 5.01 Å². The molecule has 110 valence electrons. The van der Waals surface area contributed by atoms with E-state index in [4.69, 9.17) is 10.2 Å². The van der Waals surface area contributed by atoms with Crippen LogP contribution in [0.5, 0.6) is 0 Å². The van der Waals surface area contributed by atoms with Gasteiger partial charge in [-0.2, -0.15) is 0 Å². The number of hydrogen-bond acceptors (Lipinski definition) is 5. The van der Waals surface area contributed by atoms with Gasteiger partial charge in [0.15, 0.2) is 0 Å². The highest BCUT2D eigenvalue weighted by Crippen LogP contribution is 2.32. The minimum Gasteiger partial charge on any atom is -0.481 e. The van der Waals surface area contributed by atoms with Crippen LogP contribution >= 0.6 is 11.3 Å². The first kappa shape index (κ1) is 14.9. The zero-order valence-electron chi connectivity index (χ0n) is 11.1. The summed E-state index contributed by atoms with van der Waals surface area (Å²) in [4.78, 5) is 29.1. The number of carbonyl (C=O) groups is 2. The van der Waals surface area contributed by atoms with Crippen molar-refractivity contribution >= 4 is 23.2 Å². The van der Waals surface area contributed by atoms with Crippen LogP contribution in [0.2, 0.25) is 0 Å². The third kappa shape index (κ3) is 3.55. The number of carboxylic acid groups (broad SMARTS) is 1. The van der Waals surface area contributed by atoms with Crippen LogP contribution in [0, 0.1) is 11.8 Å². The highest BCUT2D eigenvalue weighted by Gasteiger charge is 2.35. The van der Waals surface area contributed by atoms with Crippen LogP contribution in [0.25, 0.3) is 0 Å². The smallest absolute Gasteiger partial charge is 0.306 e. The molecule has 2 atom stereocenters. The number of carbonyl (C=O) groups excluding carboxylic acids is 1. The predicted molar refractivity (Wildman–Crippen MR) is 73.1 cm³/mol. The lowest BCUT2D eigenvalue weighted by molar-refractivity contribution is -0.141. The van der Waals surface area contributed by atoms with Gasteiger partial charge in [-0.1, -0.05) is 0 Å². The fourth-order valence-corrected chi connectivity index (χ4v) is 3.20. The molecule has 0 aromatic carbocycles. The van der Waals surface area contributed by atoms with Crippen LogP contribution in [0.4, 0.5) is 0 Å². The molecule has 0 spiro atoms. The largest absolute Gasteiger partial charge is 0.481 e. The lowest BCUT2D eigenvalue weighted by Crippen LogP contribution is -2.37. The summed E-state index contributed by atoms with van der Waals surface area (Å²) in [5.74, 6) is -1.56. The summed E-state index contributed by atoms with van der Waals surface area (Å²) < 4.78 is 0. The number of carboxylic acids is 1. The van der Waals surface area contributed by atoms with Crippen LogP contribution in [-0.2, 0) is 16.1 Å². The van der Waals surface area contributed by atoms with Gasteiger partial charge >= 0.3 is 5.97 Å². The van der Waals surface area contributed by atoms with Crippen molar-refractivity contribution in [2.75, 3.05) is 13.2 Å². The van der Waals surface area contributed by atoms with Crippen molar-refractivity contribution in [3.63, 3.8) is 0 Å². The first-order chi connectivity index (χ1) is 9.61. The summed E-state index contributed by atoms with van der Waals surface area (Å²) in [6.45, 7) is 0.532. The lowest BCUT2D eigenvalue weighted by Gasteiger charge is -2.24. The molecule has 2 rings (SSSR count). The molecule has 0 aliphatic heterocycles. The number of aromatic nitrogens is 1. The van der Waals surface area contributed by atoms with E-state index in [1.165, 1.54) is 11.3 Å². The molecule has 1 fully saturated rings. The maximum absolute atomic E-state index is 12.4. The maximum Gasteiger partial charge on any atom is 0.306 e. The molecular weight excluding hydrogens is 280 g/mol. The molecule has 1 aliphatic rings. The van der Waals surface area contributed by atoms with Gasteiger partial charge in [0.25, 0.3) is 0 Å². The van der Waals surface area contributed by atoms with Gasteiger partial charge in [0, 0.05) is 24.0 Å². The molecule has 1 aromatic heterocycles. The monoisotopic (exact) mass is 298 g/mol. The van der Waals surface area contributed by atoms with E-state index in [0.29, 0.717) is 25.8 Å². The van der Waals surface area contributed by atoms with E-state index in [2.05, 4.69) is 4.98 Å². The molecule has 6 nitrogen and oxygen atoms in total. The van der Waals surface area contributed by atoms with Crippen molar-refractivity contribution in [1.82, 2.24) is 9.88 Å². The molecule has 20 heavy (non-hydrogen) atoms. The van der Waals surface area contributed by atoms with E-state index in [1.54, 1.807) is 11.1 Å². The standard InChI is InChI=1S/C13H18N2O4S/c16-5-4-15(8-11-14-3-6-20-11)12(17)9-1-2-10(7-9)13(18)19/h3,6,9-10,16H,1-2,4-5,7-8H2,(H,18,19)/t9-,10+/m0/s1. The van der Waals surface area contributed by atoms with Gasteiger partial charge in [-0.05, 0) is 19.3 Å². The summed E-state index contributed by atoms with van der Waals surface area (Å²) in [6, 6.07) is 0. The van der Waals surface area contributed by atoms with Crippen LogP contribution < -0.4 is 0 Å². The first-order valence-corrected chi connectivity index (χ1v) is 7.50. The highest BCUT2D eigenvalue weighted by atomic mass is 32.1. The quantitative estimate of drug-likeness (QED) is 0.816. The molecule has 1 aliphatic carbocycles. The molecule has 0 bridgehead atoms. The number of aliphatic hydroxyl groups is 1. The van der Waals surface area contributed by atoms with E-state index in [-0.39, 0.29) is 25.0 Å². The van der Waals surface area contributed by atoms with Crippen molar-refractivity contribution in [2.24, 2.45) is 11.8 Å². The number of hydrogen-bond donors (Lipinski definition) is 2. The van der Waals surface area contributed by atoms with Gasteiger partial charge in [-0.3, -0.25) is 9.59 Å².